The van der Waals surface area contributed by atoms with Gasteiger partial charge in [0, 0.05) is 12.1 Å². The minimum absolute atomic E-state index is 0.0810. The van der Waals surface area contributed by atoms with Gasteiger partial charge >= 0.3 is 0 Å². The molecule has 0 unspecified atom stereocenters. The van der Waals surface area contributed by atoms with Crippen LogP contribution in [0.4, 0.5) is 0 Å². The van der Waals surface area contributed by atoms with Crippen LogP contribution in [0.3, 0.4) is 0 Å². The van der Waals surface area contributed by atoms with Crippen molar-refractivity contribution in [3.8, 4) is 22.8 Å². The van der Waals surface area contributed by atoms with E-state index in [2.05, 4.69) is 20.6 Å². The molecular weight excluding hydrogens is 426 g/mol. The number of ether oxygens (including phenoxy) is 2. The Morgan fingerprint density at radius 2 is 1.72 bits per heavy atom. The molecule has 164 valence electrons. The third-order valence-electron chi connectivity index (χ3n) is 4.86. The van der Waals surface area contributed by atoms with Gasteiger partial charge in [-0.2, -0.15) is 9.61 Å². The Labute approximate surface area is 190 Å². The molecule has 0 aliphatic heterocycles. The van der Waals surface area contributed by atoms with Crippen molar-refractivity contribution in [3.05, 3.63) is 66.2 Å². The van der Waals surface area contributed by atoms with E-state index in [1.165, 1.54) is 11.8 Å². The number of carbonyl (C=O) groups excluding carboxylic acids is 1. The molecule has 0 spiro atoms. The summed E-state index contributed by atoms with van der Waals surface area (Å²) in [6, 6.07) is 19.2. The van der Waals surface area contributed by atoms with Gasteiger partial charge in [-0.15, -0.1) is 10.2 Å². The van der Waals surface area contributed by atoms with Crippen LogP contribution < -0.4 is 14.8 Å². The summed E-state index contributed by atoms with van der Waals surface area (Å²) in [5.74, 6) is 1.69. The van der Waals surface area contributed by atoms with E-state index in [9.17, 15) is 4.79 Å². The molecule has 0 fully saturated rings. The van der Waals surface area contributed by atoms with Gasteiger partial charge in [0.05, 0.1) is 25.7 Å². The second kappa shape index (κ2) is 10.1. The molecule has 8 nitrogen and oxygen atoms in total. The van der Waals surface area contributed by atoms with E-state index in [1.807, 2.05) is 60.7 Å². The lowest BCUT2D eigenvalue weighted by Crippen LogP contribution is -2.27. The minimum Gasteiger partial charge on any atom is -0.496 e. The molecule has 0 radical (unpaired) electrons. The lowest BCUT2D eigenvalue weighted by Gasteiger charge is -2.09. The number of hydrogen-bond donors (Lipinski definition) is 1. The van der Waals surface area contributed by atoms with Gasteiger partial charge in [0.15, 0.2) is 5.65 Å². The fourth-order valence-corrected chi connectivity index (χ4v) is 4.00. The van der Waals surface area contributed by atoms with Crippen LogP contribution in [0.2, 0.25) is 0 Å². The van der Waals surface area contributed by atoms with Gasteiger partial charge in [-0.25, -0.2) is 0 Å². The van der Waals surface area contributed by atoms with Crippen LogP contribution in [-0.4, -0.2) is 52.2 Å². The molecule has 0 atom stereocenters. The number of carbonyl (C=O) groups is 1. The third-order valence-corrected chi connectivity index (χ3v) is 5.78. The summed E-state index contributed by atoms with van der Waals surface area (Å²) >= 11 is 1.29. The zero-order valence-electron chi connectivity index (χ0n) is 17.8. The number of nitrogens with zero attached hydrogens (tertiary/aromatic N) is 4. The van der Waals surface area contributed by atoms with Gasteiger partial charge < -0.3 is 14.8 Å². The fourth-order valence-electron chi connectivity index (χ4n) is 3.29. The van der Waals surface area contributed by atoms with Crippen molar-refractivity contribution in [1.29, 1.82) is 0 Å². The highest BCUT2D eigenvalue weighted by Gasteiger charge is 2.13. The largest absolute Gasteiger partial charge is 0.496 e. The predicted molar refractivity (Wildman–Crippen MR) is 123 cm³/mol. The smallest absolute Gasteiger partial charge is 0.230 e. The Morgan fingerprint density at radius 1 is 0.969 bits per heavy atom. The molecule has 2 aromatic heterocycles. The van der Waals surface area contributed by atoms with Crippen LogP contribution in [0.25, 0.3) is 16.9 Å². The van der Waals surface area contributed by atoms with Crippen molar-refractivity contribution in [1.82, 2.24) is 25.1 Å². The zero-order valence-corrected chi connectivity index (χ0v) is 18.6. The van der Waals surface area contributed by atoms with Gasteiger partial charge in [0.25, 0.3) is 0 Å². The van der Waals surface area contributed by atoms with Gasteiger partial charge in [0.2, 0.25) is 11.1 Å². The highest BCUT2D eigenvalue weighted by Crippen LogP contribution is 2.28. The number of para-hydroxylation sites is 2. The molecule has 0 bridgehead atoms. The van der Waals surface area contributed by atoms with Crippen LogP contribution in [0.15, 0.2) is 65.8 Å². The van der Waals surface area contributed by atoms with Crippen molar-refractivity contribution in [2.45, 2.75) is 11.6 Å². The lowest BCUT2D eigenvalue weighted by molar-refractivity contribution is -0.118. The maximum Gasteiger partial charge on any atom is 0.230 e. The normalized spacial score (nSPS) is 10.8. The summed E-state index contributed by atoms with van der Waals surface area (Å²) in [6.07, 6.45) is 0.693. The Bertz CT molecular complexity index is 1230. The molecule has 0 aliphatic rings. The number of rotatable bonds is 9. The summed E-state index contributed by atoms with van der Waals surface area (Å²) in [7, 11) is 3.27. The number of benzene rings is 2. The van der Waals surface area contributed by atoms with Gasteiger partial charge in [-0.05, 0) is 42.3 Å². The molecule has 4 aromatic rings. The number of methoxy groups -OCH3 is 2. The summed E-state index contributed by atoms with van der Waals surface area (Å²) in [6.45, 7) is 0.524. The van der Waals surface area contributed by atoms with Crippen molar-refractivity contribution in [2.24, 2.45) is 0 Å². The van der Waals surface area contributed by atoms with Crippen molar-refractivity contribution < 1.29 is 14.3 Å². The Kier molecular flexibility index (Phi) is 6.86. The van der Waals surface area contributed by atoms with E-state index >= 15 is 0 Å². The van der Waals surface area contributed by atoms with Gasteiger partial charge in [-0.1, -0.05) is 42.1 Å². The first-order valence-electron chi connectivity index (χ1n) is 10.1. The lowest BCUT2D eigenvalue weighted by atomic mass is 10.1. The molecular formula is C23H23N5O3S. The highest BCUT2D eigenvalue weighted by atomic mass is 32.2. The first-order chi connectivity index (χ1) is 15.7. The van der Waals surface area contributed by atoms with Gasteiger partial charge in [0.1, 0.15) is 11.5 Å². The Balaban J connectivity index is 1.39. The summed E-state index contributed by atoms with van der Waals surface area (Å²) < 4.78 is 12.4. The molecule has 1 N–H and O–H groups in total. The second-order valence-electron chi connectivity index (χ2n) is 6.87. The summed E-state index contributed by atoms with van der Waals surface area (Å²) in [4.78, 5) is 12.3. The van der Waals surface area contributed by atoms with E-state index in [1.54, 1.807) is 18.7 Å². The average molecular weight is 450 g/mol. The van der Waals surface area contributed by atoms with Crippen LogP contribution in [0, 0.1) is 0 Å². The maximum absolute atomic E-state index is 12.3. The van der Waals surface area contributed by atoms with E-state index < -0.39 is 0 Å². The summed E-state index contributed by atoms with van der Waals surface area (Å²) in [5.41, 5.74) is 3.27. The molecule has 4 rings (SSSR count). The number of amides is 1. The minimum atomic E-state index is -0.0810. The molecule has 2 aromatic carbocycles. The molecule has 32 heavy (non-hydrogen) atoms. The third kappa shape index (κ3) is 4.83. The SMILES string of the molecule is COc1ccccc1CCNC(=O)CSc1nnc2ccc(-c3ccccc3OC)nn12. The molecule has 9 heteroatoms. The van der Waals surface area contributed by atoms with E-state index in [4.69, 9.17) is 9.47 Å². The van der Waals surface area contributed by atoms with Crippen molar-refractivity contribution in [2.75, 3.05) is 26.5 Å². The molecule has 0 saturated heterocycles. The Hall–Kier alpha value is -3.59. The molecule has 0 saturated carbocycles. The van der Waals surface area contributed by atoms with Crippen LogP contribution in [0.5, 0.6) is 11.5 Å². The van der Waals surface area contributed by atoms with Crippen molar-refractivity contribution in [3.63, 3.8) is 0 Å². The van der Waals surface area contributed by atoms with E-state index in [0.29, 0.717) is 23.8 Å². The molecule has 1 amide bonds. The maximum atomic E-state index is 12.3. The Morgan fingerprint density at radius 3 is 2.53 bits per heavy atom. The average Bonchev–Trinajstić information content (AvgIpc) is 3.25. The number of thioether (sulfide) groups is 1. The second-order valence-corrected chi connectivity index (χ2v) is 7.81. The quantitative estimate of drug-likeness (QED) is 0.392. The number of fused-ring (bicyclic) bond motifs is 1. The fraction of sp³-hybridized carbons (Fsp3) is 0.217. The van der Waals surface area contributed by atoms with Crippen LogP contribution >= 0.6 is 11.8 Å². The van der Waals surface area contributed by atoms with E-state index in [-0.39, 0.29) is 11.7 Å². The van der Waals surface area contributed by atoms with Gasteiger partial charge in [-0.3, -0.25) is 4.79 Å². The number of aromatic nitrogens is 4. The number of hydrogen-bond acceptors (Lipinski definition) is 7. The predicted octanol–water partition coefficient (Wildman–Crippen LogP) is 3.26. The standard InChI is InChI=1S/C23H23N5O3S/c1-30-19-9-5-3-7-16(19)13-14-24-22(29)15-32-23-26-25-21-12-11-18(27-28(21)23)17-8-4-6-10-20(17)31-2/h3-12H,13-15H2,1-2H3,(H,24,29). The monoisotopic (exact) mass is 449 g/mol. The van der Waals surface area contributed by atoms with Crippen LogP contribution in [0.1, 0.15) is 5.56 Å². The topological polar surface area (TPSA) is 90.6 Å². The zero-order chi connectivity index (χ0) is 22.3. The van der Waals surface area contributed by atoms with Crippen LogP contribution in [-0.2, 0) is 11.2 Å². The summed E-state index contributed by atoms with van der Waals surface area (Å²) in [5, 5.41) is 16.5. The first kappa shape index (κ1) is 21.6. The molecule has 0 aliphatic carbocycles. The van der Waals surface area contributed by atoms with Crippen molar-refractivity contribution >= 4 is 23.3 Å². The first-order valence-corrected chi connectivity index (χ1v) is 11.1. The highest BCUT2D eigenvalue weighted by molar-refractivity contribution is 7.99. The molecule has 2 heterocycles. The number of nitrogens with one attached hydrogen (secondary N) is 1. The van der Waals surface area contributed by atoms with E-state index in [0.717, 1.165) is 28.3 Å².